The summed E-state index contributed by atoms with van der Waals surface area (Å²) in [5.41, 5.74) is 6.88. The average Bonchev–Trinajstić information content (AvgIpc) is 3.40. The van der Waals surface area contributed by atoms with Crippen LogP contribution in [0.1, 0.15) is 44.4 Å². The number of aromatic amines is 1. The molecule has 40 heavy (non-hydrogen) atoms. The van der Waals surface area contributed by atoms with Crippen molar-refractivity contribution in [1.82, 2.24) is 25.9 Å². The van der Waals surface area contributed by atoms with Crippen LogP contribution in [0.2, 0.25) is 0 Å². The van der Waals surface area contributed by atoms with E-state index in [1.54, 1.807) is 12.1 Å². The molecule has 14 heteroatoms. The zero-order chi connectivity index (χ0) is 29.8. The first-order valence-corrected chi connectivity index (χ1v) is 12.7. The molecule has 0 aliphatic rings. The highest BCUT2D eigenvalue weighted by Crippen LogP contribution is 2.13. The first-order valence-electron chi connectivity index (χ1n) is 12.7. The van der Waals surface area contributed by atoms with Gasteiger partial charge in [0.05, 0.1) is 12.4 Å². The number of aromatic nitrogens is 2. The van der Waals surface area contributed by atoms with Gasteiger partial charge in [0, 0.05) is 31.2 Å². The average molecular weight is 561 g/mol. The number of carbonyl (C=O) groups excluding carboxylic acids is 3. The third-order valence-electron chi connectivity index (χ3n) is 5.95. The third-order valence-corrected chi connectivity index (χ3v) is 5.95. The fourth-order valence-corrected chi connectivity index (χ4v) is 3.83. The van der Waals surface area contributed by atoms with Crippen molar-refractivity contribution in [2.75, 3.05) is 0 Å². The SMILES string of the molecule is CC(C)CC(NC(=O)C(Cc1cnc[nH]1)NC(=O)C(Cc1ccc(O)cc1)NC(=O)C(N)CCC(=O)O)C(=O)O. The van der Waals surface area contributed by atoms with Crippen LogP contribution in [-0.2, 0) is 36.8 Å². The Morgan fingerprint density at radius 1 is 0.900 bits per heavy atom. The molecule has 9 N–H and O–H groups in total. The van der Waals surface area contributed by atoms with E-state index in [9.17, 15) is 34.2 Å². The van der Waals surface area contributed by atoms with Crippen molar-refractivity contribution < 1.29 is 39.3 Å². The minimum absolute atomic E-state index is 0.00449. The van der Waals surface area contributed by atoms with Gasteiger partial charge in [0.15, 0.2) is 0 Å². The molecule has 4 unspecified atom stereocenters. The Kier molecular flexibility index (Phi) is 12.1. The lowest BCUT2D eigenvalue weighted by atomic mass is 10.0. The molecule has 2 aromatic rings. The molecule has 0 fully saturated rings. The molecule has 1 aromatic heterocycles. The van der Waals surface area contributed by atoms with Gasteiger partial charge in [-0.1, -0.05) is 26.0 Å². The number of amides is 3. The van der Waals surface area contributed by atoms with E-state index in [0.717, 1.165) is 0 Å². The van der Waals surface area contributed by atoms with Gasteiger partial charge in [-0.15, -0.1) is 0 Å². The van der Waals surface area contributed by atoms with Crippen molar-refractivity contribution in [3.05, 3.63) is 48.0 Å². The van der Waals surface area contributed by atoms with E-state index in [2.05, 4.69) is 25.9 Å². The van der Waals surface area contributed by atoms with E-state index < -0.39 is 53.8 Å². The van der Waals surface area contributed by atoms with Crippen molar-refractivity contribution >= 4 is 29.7 Å². The predicted octanol–water partition coefficient (Wildman–Crippen LogP) is -0.322. The van der Waals surface area contributed by atoms with E-state index in [-0.39, 0.29) is 43.8 Å². The number of hydrogen-bond donors (Lipinski definition) is 8. The molecule has 0 radical (unpaired) electrons. The summed E-state index contributed by atoms with van der Waals surface area (Å²) in [5.74, 6) is -4.66. The summed E-state index contributed by atoms with van der Waals surface area (Å²) >= 11 is 0. The molecule has 0 saturated carbocycles. The number of nitrogens with zero attached hydrogens (tertiary/aromatic N) is 1. The molecule has 1 heterocycles. The van der Waals surface area contributed by atoms with E-state index in [4.69, 9.17) is 10.8 Å². The van der Waals surface area contributed by atoms with Crippen LogP contribution in [0.25, 0.3) is 0 Å². The molecule has 1 aromatic carbocycles. The lowest BCUT2D eigenvalue weighted by molar-refractivity contribution is -0.143. The zero-order valence-electron chi connectivity index (χ0n) is 22.3. The quantitative estimate of drug-likeness (QED) is 0.133. The second kappa shape index (κ2) is 15.2. The number of aromatic hydroxyl groups is 1. The Hall–Kier alpha value is -4.46. The van der Waals surface area contributed by atoms with Crippen LogP contribution in [0.5, 0.6) is 5.75 Å². The molecule has 0 spiro atoms. The van der Waals surface area contributed by atoms with Crippen molar-refractivity contribution in [1.29, 1.82) is 0 Å². The highest BCUT2D eigenvalue weighted by atomic mass is 16.4. The predicted molar refractivity (Wildman–Crippen MR) is 142 cm³/mol. The maximum Gasteiger partial charge on any atom is 0.326 e. The minimum Gasteiger partial charge on any atom is -0.508 e. The molecule has 0 aliphatic carbocycles. The Balaban J connectivity index is 2.28. The van der Waals surface area contributed by atoms with Crippen LogP contribution in [0.3, 0.4) is 0 Å². The Labute approximate surface area is 230 Å². The maximum atomic E-state index is 13.4. The summed E-state index contributed by atoms with van der Waals surface area (Å²) in [4.78, 5) is 68.7. The van der Waals surface area contributed by atoms with Gasteiger partial charge in [-0.2, -0.15) is 0 Å². The molecular weight excluding hydrogens is 524 g/mol. The lowest BCUT2D eigenvalue weighted by Gasteiger charge is -2.25. The van der Waals surface area contributed by atoms with Crippen molar-refractivity contribution in [2.45, 2.75) is 70.1 Å². The van der Waals surface area contributed by atoms with Crippen molar-refractivity contribution in [3.8, 4) is 5.75 Å². The number of imidazole rings is 1. The molecule has 14 nitrogen and oxygen atoms in total. The molecular formula is C26H36N6O8. The van der Waals surface area contributed by atoms with Gasteiger partial charge in [-0.25, -0.2) is 9.78 Å². The van der Waals surface area contributed by atoms with Crippen LogP contribution < -0.4 is 21.7 Å². The fourth-order valence-electron chi connectivity index (χ4n) is 3.83. The maximum absolute atomic E-state index is 13.4. The highest BCUT2D eigenvalue weighted by molar-refractivity contribution is 5.94. The number of rotatable bonds is 16. The number of carboxylic acids is 2. The standard InChI is InChI=1S/C26H36N6O8/c1-14(2)9-21(26(39)40)32-25(38)20(11-16-12-28-13-29-16)31-24(37)19(10-15-3-5-17(33)6-4-15)30-23(36)18(27)7-8-22(34)35/h3-6,12-14,18-21,33H,7-11,27H2,1-2H3,(H,28,29)(H,30,36)(H,31,37)(H,32,38)(H,34,35)(H,39,40). The number of carbonyl (C=O) groups is 5. The number of hydrogen-bond acceptors (Lipinski definition) is 8. The molecule has 0 aliphatic heterocycles. The van der Waals surface area contributed by atoms with Gasteiger partial charge >= 0.3 is 11.9 Å². The number of nitrogens with two attached hydrogens (primary N) is 1. The smallest absolute Gasteiger partial charge is 0.326 e. The second-order valence-corrected chi connectivity index (χ2v) is 9.84. The van der Waals surface area contributed by atoms with E-state index in [0.29, 0.717) is 11.3 Å². The summed E-state index contributed by atoms with van der Waals surface area (Å²) in [7, 11) is 0. The van der Waals surface area contributed by atoms with E-state index in [1.807, 2.05) is 13.8 Å². The van der Waals surface area contributed by atoms with Gasteiger partial charge < -0.3 is 42.0 Å². The van der Waals surface area contributed by atoms with Crippen LogP contribution in [-0.4, -0.2) is 79.1 Å². The van der Waals surface area contributed by atoms with Gasteiger partial charge in [-0.05, 0) is 36.5 Å². The number of benzene rings is 1. The molecule has 0 bridgehead atoms. The summed E-state index contributed by atoms with van der Waals surface area (Å²) in [6.07, 6.45) is 2.39. The number of nitrogens with one attached hydrogen (secondary N) is 4. The Morgan fingerprint density at radius 2 is 1.48 bits per heavy atom. The summed E-state index contributed by atoms with van der Waals surface area (Å²) in [6, 6.07) is 1.03. The van der Waals surface area contributed by atoms with Crippen molar-refractivity contribution in [2.24, 2.45) is 11.7 Å². The van der Waals surface area contributed by atoms with Gasteiger partial charge in [0.2, 0.25) is 17.7 Å². The number of aliphatic carboxylic acids is 2. The number of H-pyrrole nitrogens is 1. The normalized spacial score (nSPS) is 14.0. The lowest BCUT2D eigenvalue weighted by Crippen LogP contribution is -2.58. The number of phenolic OH excluding ortho intramolecular Hbond substituents is 1. The monoisotopic (exact) mass is 560 g/mol. The van der Waals surface area contributed by atoms with Gasteiger partial charge in [0.1, 0.15) is 23.9 Å². The molecule has 2 rings (SSSR count). The fraction of sp³-hybridized carbons (Fsp3) is 0.462. The van der Waals surface area contributed by atoms with Crippen LogP contribution in [0.15, 0.2) is 36.8 Å². The Bertz CT molecular complexity index is 1150. The summed E-state index contributed by atoms with van der Waals surface area (Å²) < 4.78 is 0. The van der Waals surface area contributed by atoms with Gasteiger partial charge in [0.25, 0.3) is 0 Å². The number of carboxylic acid groups (broad SMARTS) is 2. The Morgan fingerprint density at radius 3 is 2.00 bits per heavy atom. The van der Waals surface area contributed by atoms with Gasteiger partial charge in [-0.3, -0.25) is 19.2 Å². The third kappa shape index (κ3) is 10.7. The second-order valence-electron chi connectivity index (χ2n) is 9.84. The minimum atomic E-state index is -1.24. The molecule has 218 valence electrons. The van der Waals surface area contributed by atoms with E-state index >= 15 is 0 Å². The molecule has 3 amide bonds. The van der Waals surface area contributed by atoms with Crippen LogP contribution in [0, 0.1) is 5.92 Å². The summed E-state index contributed by atoms with van der Waals surface area (Å²) in [6.45, 7) is 3.62. The molecule has 0 saturated heterocycles. The topological polar surface area (TPSA) is 237 Å². The highest BCUT2D eigenvalue weighted by Gasteiger charge is 2.31. The largest absolute Gasteiger partial charge is 0.508 e. The van der Waals surface area contributed by atoms with Crippen molar-refractivity contribution in [3.63, 3.8) is 0 Å². The number of phenols is 1. The van der Waals surface area contributed by atoms with E-state index in [1.165, 1.54) is 24.7 Å². The molecule has 4 atom stereocenters. The summed E-state index contributed by atoms with van der Waals surface area (Å²) in [5, 5.41) is 35.6. The zero-order valence-corrected chi connectivity index (χ0v) is 22.3. The van der Waals surface area contributed by atoms with Crippen LogP contribution in [0.4, 0.5) is 0 Å². The first kappa shape index (κ1) is 31.8. The first-order chi connectivity index (χ1) is 18.8. The van der Waals surface area contributed by atoms with Crippen LogP contribution >= 0.6 is 0 Å².